The molecule has 1 N–H and O–H groups in total. The van der Waals surface area contributed by atoms with Crippen LogP contribution in [0.4, 0.5) is 0 Å². The zero-order valence-electron chi connectivity index (χ0n) is 12.0. The van der Waals surface area contributed by atoms with Crippen LogP contribution < -0.4 is 5.32 Å². The Labute approximate surface area is 108 Å². The van der Waals surface area contributed by atoms with Crippen molar-refractivity contribution >= 4 is 0 Å². The molecule has 2 nitrogen and oxygen atoms in total. The molecule has 1 aliphatic carbocycles. The molecule has 0 bridgehead atoms. The van der Waals surface area contributed by atoms with Crippen molar-refractivity contribution in [2.45, 2.75) is 65.3 Å². The monoisotopic (exact) mass is 241 g/mol. The van der Waals surface area contributed by atoms with Crippen LogP contribution in [0.2, 0.25) is 0 Å². The summed E-state index contributed by atoms with van der Waals surface area (Å²) in [5.74, 6) is 1.50. The third kappa shape index (κ3) is 6.42. The molecule has 0 amide bonds. The Bertz CT molecular complexity index is 182. The minimum Gasteiger partial charge on any atom is -0.381 e. The van der Waals surface area contributed by atoms with Gasteiger partial charge in [-0.15, -0.1) is 0 Å². The lowest BCUT2D eigenvalue weighted by Crippen LogP contribution is -2.36. The molecule has 102 valence electrons. The Morgan fingerprint density at radius 1 is 1.18 bits per heavy atom. The molecule has 2 unspecified atom stereocenters. The zero-order valence-corrected chi connectivity index (χ0v) is 12.0. The summed E-state index contributed by atoms with van der Waals surface area (Å²) < 4.78 is 5.74. The Hall–Kier alpha value is -0.0800. The van der Waals surface area contributed by atoms with Crippen LogP contribution in [-0.2, 0) is 4.74 Å². The maximum atomic E-state index is 5.74. The Balaban J connectivity index is 2.25. The Morgan fingerprint density at radius 3 is 2.65 bits per heavy atom. The van der Waals surface area contributed by atoms with Gasteiger partial charge in [-0.25, -0.2) is 0 Å². The van der Waals surface area contributed by atoms with E-state index in [1.54, 1.807) is 0 Å². The summed E-state index contributed by atoms with van der Waals surface area (Å²) in [5.41, 5.74) is 0. The van der Waals surface area contributed by atoms with E-state index in [0.29, 0.717) is 5.92 Å². The smallest absolute Gasteiger partial charge is 0.0488 e. The van der Waals surface area contributed by atoms with Gasteiger partial charge in [-0.05, 0) is 37.6 Å². The molecule has 1 rings (SSSR count). The van der Waals surface area contributed by atoms with E-state index in [0.717, 1.165) is 31.7 Å². The van der Waals surface area contributed by atoms with Crippen molar-refractivity contribution in [2.75, 3.05) is 19.8 Å². The van der Waals surface area contributed by atoms with E-state index in [1.165, 1.54) is 38.5 Å². The lowest BCUT2D eigenvalue weighted by Gasteiger charge is -2.26. The van der Waals surface area contributed by atoms with Crippen molar-refractivity contribution in [1.82, 2.24) is 5.32 Å². The van der Waals surface area contributed by atoms with Crippen LogP contribution in [0.5, 0.6) is 0 Å². The van der Waals surface area contributed by atoms with Gasteiger partial charge in [0.25, 0.3) is 0 Å². The van der Waals surface area contributed by atoms with Crippen molar-refractivity contribution in [3.63, 3.8) is 0 Å². The zero-order chi connectivity index (χ0) is 12.5. The second-order valence-corrected chi connectivity index (χ2v) is 5.82. The first-order valence-electron chi connectivity index (χ1n) is 7.55. The van der Waals surface area contributed by atoms with E-state index < -0.39 is 0 Å². The summed E-state index contributed by atoms with van der Waals surface area (Å²) in [6.07, 6.45) is 8.23. The summed E-state index contributed by atoms with van der Waals surface area (Å²) in [6.45, 7) is 9.62. The van der Waals surface area contributed by atoms with E-state index in [-0.39, 0.29) is 0 Å². The number of ether oxygens (including phenoxy) is 1. The van der Waals surface area contributed by atoms with E-state index in [2.05, 4.69) is 26.1 Å². The highest BCUT2D eigenvalue weighted by molar-refractivity contribution is 4.79. The highest BCUT2D eigenvalue weighted by atomic mass is 16.5. The second kappa shape index (κ2) is 8.93. The van der Waals surface area contributed by atoms with Crippen LogP contribution in [0.25, 0.3) is 0 Å². The summed E-state index contributed by atoms with van der Waals surface area (Å²) in [5, 5.41) is 3.67. The topological polar surface area (TPSA) is 21.3 Å². The van der Waals surface area contributed by atoms with E-state index >= 15 is 0 Å². The Morgan fingerprint density at radius 2 is 1.94 bits per heavy atom. The van der Waals surface area contributed by atoms with Gasteiger partial charge in [-0.1, -0.05) is 40.0 Å². The molecule has 1 fully saturated rings. The molecule has 2 atom stereocenters. The van der Waals surface area contributed by atoms with Crippen LogP contribution in [0.1, 0.15) is 59.3 Å². The van der Waals surface area contributed by atoms with Crippen molar-refractivity contribution < 1.29 is 4.74 Å². The van der Waals surface area contributed by atoms with Crippen molar-refractivity contribution in [3.8, 4) is 0 Å². The maximum Gasteiger partial charge on any atom is 0.0488 e. The number of rotatable bonds is 7. The molecular formula is C15H31NO. The van der Waals surface area contributed by atoms with Crippen molar-refractivity contribution in [3.05, 3.63) is 0 Å². The molecule has 1 aliphatic rings. The van der Waals surface area contributed by atoms with Crippen molar-refractivity contribution in [2.24, 2.45) is 11.8 Å². The standard InChI is InChI=1S/C15H31NO/c1-4-16-15-9-7-5-6-8-14(15)10-11-17-12-13(2)3/h13-16H,4-12H2,1-3H3. The fraction of sp³-hybridized carbons (Fsp3) is 1.00. The van der Waals surface area contributed by atoms with Crippen LogP contribution in [0.15, 0.2) is 0 Å². The first-order valence-corrected chi connectivity index (χ1v) is 7.55. The van der Waals surface area contributed by atoms with Gasteiger partial charge < -0.3 is 10.1 Å². The number of hydrogen-bond acceptors (Lipinski definition) is 2. The summed E-state index contributed by atoms with van der Waals surface area (Å²) in [4.78, 5) is 0. The van der Waals surface area contributed by atoms with E-state index in [4.69, 9.17) is 4.74 Å². The largest absolute Gasteiger partial charge is 0.381 e. The van der Waals surface area contributed by atoms with E-state index in [1.807, 2.05) is 0 Å². The fourth-order valence-corrected chi connectivity index (χ4v) is 2.81. The number of nitrogens with one attached hydrogen (secondary N) is 1. The van der Waals surface area contributed by atoms with Gasteiger partial charge in [0.1, 0.15) is 0 Å². The highest BCUT2D eigenvalue weighted by Crippen LogP contribution is 2.26. The quantitative estimate of drug-likeness (QED) is 0.543. The molecule has 0 aliphatic heterocycles. The number of hydrogen-bond donors (Lipinski definition) is 1. The predicted octanol–water partition coefficient (Wildman–Crippen LogP) is 3.61. The summed E-state index contributed by atoms with van der Waals surface area (Å²) >= 11 is 0. The first-order chi connectivity index (χ1) is 8.24. The van der Waals surface area contributed by atoms with Gasteiger partial charge in [0.15, 0.2) is 0 Å². The molecule has 0 aromatic carbocycles. The third-order valence-electron chi connectivity index (χ3n) is 3.71. The second-order valence-electron chi connectivity index (χ2n) is 5.82. The van der Waals surface area contributed by atoms with Crippen LogP contribution in [-0.4, -0.2) is 25.8 Å². The molecule has 0 aromatic heterocycles. The maximum absolute atomic E-state index is 5.74. The first kappa shape index (κ1) is 15.0. The highest BCUT2D eigenvalue weighted by Gasteiger charge is 2.22. The average molecular weight is 241 g/mol. The molecule has 0 heterocycles. The summed E-state index contributed by atoms with van der Waals surface area (Å²) in [6, 6.07) is 0.741. The molecule has 17 heavy (non-hydrogen) atoms. The molecule has 0 radical (unpaired) electrons. The lowest BCUT2D eigenvalue weighted by molar-refractivity contribution is 0.0918. The molecule has 0 saturated heterocycles. The summed E-state index contributed by atoms with van der Waals surface area (Å²) in [7, 11) is 0. The normalized spacial score (nSPS) is 26.1. The van der Waals surface area contributed by atoms with E-state index in [9.17, 15) is 0 Å². The minimum absolute atomic E-state index is 0.661. The van der Waals surface area contributed by atoms with Crippen LogP contribution >= 0.6 is 0 Å². The predicted molar refractivity (Wildman–Crippen MR) is 74.3 cm³/mol. The lowest BCUT2D eigenvalue weighted by atomic mass is 9.92. The van der Waals surface area contributed by atoms with Crippen molar-refractivity contribution in [1.29, 1.82) is 0 Å². The van der Waals surface area contributed by atoms with Gasteiger partial charge >= 0.3 is 0 Å². The third-order valence-corrected chi connectivity index (χ3v) is 3.71. The SMILES string of the molecule is CCNC1CCCCCC1CCOCC(C)C. The molecule has 2 heteroatoms. The van der Waals surface area contributed by atoms with Gasteiger partial charge in [-0.2, -0.15) is 0 Å². The fourth-order valence-electron chi connectivity index (χ4n) is 2.81. The Kier molecular flexibility index (Phi) is 7.87. The van der Waals surface area contributed by atoms with Gasteiger partial charge in [0, 0.05) is 19.3 Å². The molecule has 1 saturated carbocycles. The molecule has 0 spiro atoms. The molecule has 0 aromatic rings. The van der Waals surface area contributed by atoms with Crippen LogP contribution in [0.3, 0.4) is 0 Å². The van der Waals surface area contributed by atoms with Gasteiger partial charge in [0.05, 0.1) is 0 Å². The van der Waals surface area contributed by atoms with Crippen LogP contribution in [0, 0.1) is 11.8 Å². The minimum atomic E-state index is 0.661. The average Bonchev–Trinajstić information content (AvgIpc) is 2.51. The van der Waals surface area contributed by atoms with Gasteiger partial charge in [-0.3, -0.25) is 0 Å². The molecular weight excluding hydrogens is 210 g/mol. The van der Waals surface area contributed by atoms with Gasteiger partial charge in [0.2, 0.25) is 0 Å².